The molecule has 2 atom stereocenters. The van der Waals surface area contributed by atoms with E-state index in [4.69, 9.17) is 5.11 Å². The molecule has 80 valence electrons. The molecule has 2 rings (SSSR count). The smallest absolute Gasteiger partial charge is 0.306 e. The van der Waals surface area contributed by atoms with Gasteiger partial charge in [-0.3, -0.25) is 4.79 Å². The fourth-order valence-corrected chi connectivity index (χ4v) is 1.62. The monoisotopic (exact) mass is 209 g/mol. The van der Waals surface area contributed by atoms with Crippen LogP contribution in [0, 0.1) is 17.7 Å². The first-order valence-corrected chi connectivity index (χ1v) is 4.89. The summed E-state index contributed by atoms with van der Waals surface area (Å²) in [6.45, 7) is 0.526. The van der Waals surface area contributed by atoms with Crippen molar-refractivity contribution in [2.45, 2.75) is 6.42 Å². The normalized spacial score (nSPS) is 23.5. The Labute approximate surface area is 86.9 Å². The minimum Gasteiger partial charge on any atom is -0.481 e. The molecule has 0 aliphatic heterocycles. The minimum absolute atomic E-state index is 0.141. The Kier molecular flexibility index (Phi) is 2.58. The van der Waals surface area contributed by atoms with Crippen LogP contribution in [0.15, 0.2) is 24.3 Å². The van der Waals surface area contributed by atoms with E-state index in [0.717, 1.165) is 0 Å². The SMILES string of the molecule is O=C(O)C1CC1CNc1ccccc1F. The Morgan fingerprint density at radius 2 is 2.27 bits per heavy atom. The van der Waals surface area contributed by atoms with Crippen LogP contribution in [0.5, 0.6) is 0 Å². The molecule has 1 saturated carbocycles. The Hall–Kier alpha value is -1.58. The molecule has 0 spiro atoms. The summed E-state index contributed by atoms with van der Waals surface area (Å²) in [4.78, 5) is 10.5. The van der Waals surface area contributed by atoms with Gasteiger partial charge < -0.3 is 10.4 Å². The number of rotatable bonds is 4. The highest BCUT2D eigenvalue weighted by molar-refractivity contribution is 5.73. The summed E-state index contributed by atoms with van der Waals surface area (Å²) in [5.74, 6) is -1.16. The van der Waals surface area contributed by atoms with Gasteiger partial charge in [0.15, 0.2) is 0 Å². The maximum absolute atomic E-state index is 13.1. The number of carbonyl (C=O) groups is 1. The Bertz CT molecular complexity index is 381. The molecule has 4 heteroatoms. The van der Waals surface area contributed by atoms with Gasteiger partial charge in [0.2, 0.25) is 0 Å². The van der Waals surface area contributed by atoms with E-state index in [1.165, 1.54) is 6.07 Å². The van der Waals surface area contributed by atoms with Crippen LogP contribution >= 0.6 is 0 Å². The summed E-state index contributed by atoms with van der Waals surface area (Å²) < 4.78 is 13.1. The molecule has 2 N–H and O–H groups in total. The molecule has 0 radical (unpaired) electrons. The number of hydrogen-bond donors (Lipinski definition) is 2. The van der Waals surface area contributed by atoms with Crippen LogP contribution in [0.3, 0.4) is 0 Å². The third-order valence-corrected chi connectivity index (χ3v) is 2.67. The summed E-state index contributed by atoms with van der Waals surface area (Å²) >= 11 is 0. The molecule has 1 aromatic rings. The highest BCUT2D eigenvalue weighted by Gasteiger charge is 2.42. The van der Waals surface area contributed by atoms with Crippen LogP contribution in [-0.2, 0) is 4.79 Å². The number of carboxylic acids is 1. The topological polar surface area (TPSA) is 49.3 Å². The van der Waals surface area contributed by atoms with E-state index < -0.39 is 5.97 Å². The van der Waals surface area contributed by atoms with Gasteiger partial charge in [0.1, 0.15) is 5.82 Å². The average Bonchev–Trinajstić information content (AvgIpc) is 2.96. The van der Waals surface area contributed by atoms with Gasteiger partial charge in [-0.1, -0.05) is 12.1 Å². The van der Waals surface area contributed by atoms with E-state index >= 15 is 0 Å². The molecule has 0 amide bonds. The number of aliphatic carboxylic acids is 1. The first kappa shape index (κ1) is 9.96. The van der Waals surface area contributed by atoms with Gasteiger partial charge in [0.25, 0.3) is 0 Å². The van der Waals surface area contributed by atoms with Crippen molar-refractivity contribution in [1.82, 2.24) is 0 Å². The molecule has 1 fully saturated rings. The Morgan fingerprint density at radius 3 is 2.87 bits per heavy atom. The van der Waals surface area contributed by atoms with Crippen molar-refractivity contribution in [3.05, 3.63) is 30.1 Å². The van der Waals surface area contributed by atoms with Crippen molar-refractivity contribution in [1.29, 1.82) is 0 Å². The molecule has 1 aliphatic rings. The zero-order valence-corrected chi connectivity index (χ0v) is 8.11. The zero-order chi connectivity index (χ0) is 10.8. The van der Waals surface area contributed by atoms with Crippen LogP contribution in [0.1, 0.15) is 6.42 Å². The average molecular weight is 209 g/mol. The first-order chi connectivity index (χ1) is 7.18. The number of benzene rings is 1. The highest BCUT2D eigenvalue weighted by atomic mass is 19.1. The van der Waals surface area contributed by atoms with Crippen molar-refractivity contribution >= 4 is 11.7 Å². The lowest BCUT2D eigenvalue weighted by Gasteiger charge is -2.05. The van der Waals surface area contributed by atoms with E-state index in [1.807, 2.05) is 0 Å². The van der Waals surface area contributed by atoms with Crippen LogP contribution in [0.2, 0.25) is 0 Å². The fraction of sp³-hybridized carbons (Fsp3) is 0.364. The zero-order valence-electron chi connectivity index (χ0n) is 8.11. The molecule has 15 heavy (non-hydrogen) atoms. The number of nitrogens with one attached hydrogen (secondary N) is 1. The van der Waals surface area contributed by atoms with Gasteiger partial charge in [0.05, 0.1) is 11.6 Å². The third kappa shape index (κ3) is 2.26. The first-order valence-electron chi connectivity index (χ1n) is 4.89. The summed E-state index contributed by atoms with van der Waals surface area (Å²) in [5, 5.41) is 11.6. The second kappa shape index (κ2) is 3.88. The molecule has 0 aromatic heterocycles. The van der Waals surface area contributed by atoms with Crippen molar-refractivity contribution in [3.63, 3.8) is 0 Å². The number of para-hydroxylation sites is 1. The Morgan fingerprint density at radius 1 is 1.53 bits per heavy atom. The van der Waals surface area contributed by atoms with E-state index in [9.17, 15) is 9.18 Å². The lowest BCUT2D eigenvalue weighted by Crippen LogP contribution is -2.09. The third-order valence-electron chi connectivity index (χ3n) is 2.67. The number of anilines is 1. The van der Waals surface area contributed by atoms with Crippen molar-refractivity contribution in [2.24, 2.45) is 11.8 Å². The minimum atomic E-state index is -0.754. The maximum atomic E-state index is 13.1. The lowest BCUT2D eigenvalue weighted by atomic mass is 10.2. The second-order valence-corrected chi connectivity index (χ2v) is 3.80. The van der Waals surface area contributed by atoms with Gasteiger partial charge in [-0.15, -0.1) is 0 Å². The summed E-state index contributed by atoms with van der Waals surface area (Å²) in [6, 6.07) is 6.39. The molecule has 0 bridgehead atoms. The predicted molar refractivity (Wildman–Crippen MR) is 54.1 cm³/mol. The van der Waals surface area contributed by atoms with Crippen molar-refractivity contribution in [2.75, 3.05) is 11.9 Å². The predicted octanol–water partition coefficient (Wildman–Crippen LogP) is 1.96. The quantitative estimate of drug-likeness (QED) is 0.796. The lowest BCUT2D eigenvalue weighted by molar-refractivity contribution is -0.138. The molecule has 3 nitrogen and oxygen atoms in total. The van der Waals surface area contributed by atoms with Gasteiger partial charge in [-0.2, -0.15) is 0 Å². The molecular weight excluding hydrogens is 197 g/mol. The summed E-state index contributed by atoms with van der Waals surface area (Å²) in [5.41, 5.74) is 0.438. The molecular formula is C11H12FNO2. The standard InChI is InChI=1S/C11H12FNO2/c12-9-3-1-2-4-10(9)13-6-7-5-8(7)11(14)15/h1-4,7-8,13H,5-6H2,(H,14,15). The van der Waals surface area contributed by atoms with Gasteiger partial charge in [-0.25, -0.2) is 4.39 Å². The van der Waals surface area contributed by atoms with Crippen molar-refractivity contribution in [3.8, 4) is 0 Å². The summed E-state index contributed by atoms with van der Waals surface area (Å²) in [7, 11) is 0. The molecule has 0 saturated heterocycles. The van der Waals surface area contributed by atoms with Crippen LogP contribution in [-0.4, -0.2) is 17.6 Å². The van der Waals surface area contributed by atoms with E-state index in [2.05, 4.69) is 5.32 Å². The fourth-order valence-electron chi connectivity index (χ4n) is 1.62. The number of carboxylic acid groups (broad SMARTS) is 1. The van der Waals surface area contributed by atoms with E-state index in [0.29, 0.717) is 18.7 Å². The van der Waals surface area contributed by atoms with Gasteiger partial charge in [0, 0.05) is 6.54 Å². The van der Waals surface area contributed by atoms with Crippen LogP contribution in [0.25, 0.3) is 0 Å². The Balaban J connectivity index is 1.85. The van der Waals surface area contributed by atoms with E-state index in [1.54, 1.807) is 18.2 Å². The van der Waals surface area contributed by atoms with Crippen LogP contribution in [0.4, 0.5) is 10.1 Å². The van der Waals surface area contributed by atoms with Gasteiger partial charge in [-0.05, 0) is 24.5 Å². The molecule has 1 aliphatic carbocycles. The number of hydrogen-bond acceptors (Lipinski definition) is 2. The maximum Gasteiger partial charge on any atom is 0.306 e. The molecule has 1 aromatic carbocycles. The number of halogens is 1. The molecule has 0 heterocycles. The van der Waals surface area contributed by atoms with E-state index in [-0.39, 0.29) is 17.7 Å². The summed E-state index contributed by atoms with van der Waals surface area (Å²) in [6.07, 6.45) is 0.691. The highest BCUT2D eigenvalue weighted by Crippen LogP contribution is 2.38. The van der Waals surface area contributed by atoms with Gasteiger partial charge >= 0.3 is 5.97 Å². The second-order valence-electron chi connectivity index (χ2n) is 3.80. The largest absolute Gasteiger partial charge is 0.481 e. The molecule has 2 unspecified atom stereocenters. The van der Waals surface area contributed by atoms with Crippen molar-refractivity contribution < 1.29 is 14.3 Å². The van der Waals surface area contributed by atoms with Crippen LogP contribution < -0.4 is 5.32 Å².